The molecule has 25 heavy (non-hydrogen) atoms. The Labute approximate surface area is 145 Å². The van der Waals surface area contributed by atoms with E-state index in [1.54, 1.807) is 35.8 Å². The topological polar surface area (TPSA) is 124 Å². The molecule has 0 bridgehead atoms. The van der Waals surface area contributed by atoms with Crippen LogP contribution in [0.25, 0.3) is 10.9 Å². The first-order chi connectivity index (χ1) is 12.1. The van der Waals surface area contributed by atoms with Crippen LogP contribution in [0.2, 0.25) is 0 Å². The normalized spacial score (nSPS) is 11.9. The molecule has 0 unspecified atom stereocenters. The van der Waals surface area contributed by atoms with E-state index in [1.165, 1.54) is 6.07 Å². The molecular weight excluding hydrogens is 344 g/mol. The molecule has 0 radical (unpaired) electrons. The maximum absolute atomic E-state index is 12.2. The molecule has 8 nitrogen and oxygen atoms in total. The predicted molar refractivity (Wildman–Crippen MR) is 92.4 cm³/mol. The van der Waals surface area contributed by atoms with Gasteiger partial charge in [0, 0.05) is 11.1 Å². The van der Waals surface area contributed by atoms with Crippen molar-refractivity contribution in [2.24, 2.45) is 0 Å². The van der Waals surface area contributed by atoms with Crippen molar-refractivity contribution in [1.29, 1.82) is 0 Å². The van der Waals surface area contributed by atoms with Crippen molar-refractivity contribution >= 4 is 45.5 Å². The van der Waals surface area contributed by atoms with Crippen LogP contribution >= 0.6 is 11.3 Å². The fourth-order valence-corrected chi connectivity index (χ4v) is 2.84. The van der Waals surface area contributed by atoms with Gasteiger partial charge in [-0.1, -0.05) is 6.07 Å². The number of hydrogen-bond donors (Lipinski definition) is 4. The number of aromatic nitrogens is 2. The summed E-state index contributed by atoms with van der Waals surface area (Å²) in [5.41, 5.74) is 1.20. The molecular formula is C16H14N4O4S. The molecule has 0 aliphatic carbocycles. The van der Waals surface area contributed by atoms with Crippen molar-refractivity contribution in [3.8, 4) is 0 Å². The Balaban J connectivity index is 1.66. The van der Waals surface area contributed by atoms with Crippen molar-refractivity contribution in [3.05, 3.63) is 46.8 Å². The fourth-order valence-electron chi connectivity index (χ4n) is 2.18. The smallest absolute Gasteiger partial charge is 0.293 e. The van der Waals surface area contributed by atoms with E-state index < -0.39 is 30.2 Å². The van der Waals surface area contributed by atoms with E-state index in [1.807, 2.05) is 0 Å². The van der Waals surface area contributed by atoms with Crippen LogP contribution < -0.4 is 10.6 Å². The lowest BCUT2D eigenvalue weighted by Gasteiger charge is -2.15. The molecule has 0 saturated carbocycles. The Morgan fingerprint density at radius 3 is 2.84 bits per heavy atom. The SMILES string of the molecule is O=C(N[C@@H](CO)C(=O)Nc1ccc2cn[nH]c2c1)C(=O)c1cccs1. The number of carbonyl (C=O) groups is 3. The number of nitrogens with one attached hydrogen (secondary N) is 3. The van der Waals surface area contributed by atoms with Crippen molar-refractivity contribution in [1.82, 2.24) is 15.5 Å². The van der Waals surface area contributed by atoms with Crippen molar-refractivity contribution in [2.45, 2.75) is 6.04 Å². The van der Waals surface area contributed by atoms with Gasteiger partial charge < -0.3 is 15.7 Å². The second-order valence-electron chi connectivity index (χ2n) is 5.18. The first-order valence-corrected chi connectivity index (χ1v) is 8.20. The van der Waals surface area contributed by atoms with Crippen LogP contribution in [0.4, 0.5) is 5.69 Å². The maximum atomic E-state index is 12.2. The first-order valence-electron chi connectivity index (χ1n) is 7.32. The number of anilines is 1. The van der Waals surface area contributed by atoms with E-state index in [0.29, 0.717) is 5.69 Å². The van der Waals surface area contributed by atoms with Crippen LogP contribution in [0.15, 0.2) is 41.9 Å². The number of aliphatic hydroxyl groups is 1. The Morgan fingerprint density at radius 1 is 1.28 bits per heavy atom. The molecule has 2 amide bonds. The van der Waals surface area contributed by atoms with E-state index in [-0.39, 0.29) is 4.88 Å². The minimum absolute atomic E-state index is 0.263. The predicted octanol–water partition coefficient (Wildman–Crippen LogP) is 0.923. The lowest BCUT2D eigenvalue weighted by atomic mass is 10.2. The van der Waals surface area contributed by atoms with Crippen LogP contribution in [0.1, 0.15) is 9.67 Å². The molecule has 0 saturated heterocycles. The Morgan fingerprint density at radius 2 is 2.12 bits per heavy atom. The zero-order valence-corrected chi connectivity index (χ0v) is 13.7. The summed E-state index contributed by atoms with van der Waals surface area (Å²) in [6.45, 7) is -0.637. The highest BCUT2D eigenvalue weighted by atomic mass is 32.1. The quantitative estimate of drug-likeness (QED) is 0.385. The number of carbonyl (C=O) groups excluding carboxylic acids is 3. The summed E-state index contributed by atoms with van der Waals surface area (Å²) in [5, 5.41) is 23.4. The van der Waals surface area contributed by atoms with Gasteiger partial charge in [0.1, 0.15) is 6.04 Å². The summed E-state index contributed by atoms with van der Waals surface area (Å²) < 4.78 is 0. The van der Waals surface area contributed by atoms with Gasteiger partial charge >= 0.3 is 0 Å². The summed E-state index contributed by atoms with van der Waals surface area (Å²) in [7, 11) is 0. The van der Waals surface area contributed by atoms with E-state index in [0.717, 1.165) is 22.2 Å². The van der Waals surface area contributed by atoms with E-state index in [4.69, 9.17) is 0 Å². The summed E-state index contributed by atoms with van der Waals surface area (Å²) in [4.78, 5) is 36.4. The van der Waals surface area contributed by atoms with Gasteiger partial charge in [-0.05, 0) is 29.6 Å². The van der Waals surface area contributed by atoms with Crippen LogP contribution in [-0.4, -0.2) is 45.6 Å². The molecule has 0 fully saturated rings. The average molecular weight is 358 g/mol. The van der Waals surface area contributed by atoms with Gasteiger partial charge in [-0.25, -0.2) is 0 Å². The lowest BCUT2D eigenvalue weighted by Crippen LogP contribution is -2.48. The number of thiophene rings is 1. The largest absolute Gasteiger partial charge is 0.394 e. The van der Waals surface area contributed by atoms with E-state index in [9.17, 15) is 19.5 Å². The molecule has 4 N–H and O–H groups in total. The van der Waals surface area contributed by atoms with Gasteiger partial charge in [0.05, 0.1) is 23.2 Å². The molecule has 0 aliphatic rings. The molecule has 3 aromatic rings. The number of fused-ring (bicyclic) bond motifs is 1. The molecule has 3 rings (SSSR count). The highest BCUT2D eigenvalue weighted by Gasteiger charge is 2.25. The summed E-state index contributed by atoms with van der Waals surface area (Å²) >= 11 is 1.12. The fraction of sp³-hybridized carbons (Fsp3) is 0.125. The molecule has 2 heterocycles. The van der Waals surface area contributed by atoms with Crippen molar-refractivity contribution < 1.29 is 19.5 Å². The zero-order valence-electron chi connectivity index (χ0n) is 12.9. The number of benzene rings is 1. The summed E-state index contributed by atoms with van der Waals surface area (Å²) in [6, 6.07) is 7.03. The number of aliphatic hydroxyl groups excluding tert-OH is 1. The molecule has 0 spiro atoms. The third-order valence-electron chi connectivity index (χ3n) is 3.47. The van der Waals surface area contributed by atoms with E-state index in [2.05, 4.69) is 20.8 Å². The maximum Gasteiger partial charge on any atom is 0.293 e. The lowest BCUT2D eigenvalue weighted by molar-refractivity contribution is -0.124. The Bertz CT molecular complexity index is 919. The molecule has 1 aromatic carbocycles. The number of aromatic amines is 1. The van der Waals surface area contributed by atoms with Crippen molar-refractivity contribution in [3.63, 3.8) is 0 Å². The van der Waals surface area contributed by atoms with Crippen molar-refractivity contribution in [2.75, 3.05) is 11.9 Å². The van der Waals surface area contributed by atoms with Crippen LogP contribution in [0, 0.1) is 0 Å². The van der Waals surface area contributed by atoms with Gasteiger partial charge in [0.15, 0.2) is 0 Å². The minimum atomic E-state index is -1.24. The highest BCUT2D eigenvalue weighted by molar-refractivity contribution is 7.13. The van der Waals surface area contributed by atoms with Crippen LogP contribution in [-0.2, 0) is 9.59 Å². The monoisotopic (exact) mass is 358 g/mol. The number of hydrogen-bond acceptors (Lipinski definition) is 6. The molecule has 128 valence electrons. The first kappa shape index (κ1) is 16.8. The van der Waals surface area contributed by atoms with Gasteiger partial charge in [-0.3, -0.25) is 19.5 Å². The van der Waals surface area contributed by atoms with Gasteiger partial charge in [-0.15, -0.1) is 11.3 Å². The molecule has 2 aromatic heterocycles. The average Bonchev–Trinajstić information content (AvgIpc) is 3.29. The number of nitrogens with zero attached hydrogens (tertiary/aromatic N) is 1. The third kappa shape index (κ3) is 3.73. The standard InChI is InChI=1S/C16H14N4O4S/c21-8-12(19-16(24)14(22)13-2-1-5-25-13)15(23)18-10-4-3-9-7-17-20-11(9)6-10/h1-7,12,21H,8H2,(H,17,20)(H,18,23)(H,19,24)/t12-/m0/s1. The van der Waals surface area contributed by atoms with Gasteiger partial charge in [0.25, 0.3) is 11.7 Å². The van der Waals surface area contributed by atoms with Crippen LogP contribution in [0.3, 0.4) is 0 Å². The number of amides is 2. The Kier molecular flexibility index (Phi) is 4.87. The molecule has 0 aliphatic heterocycles. The Hall–Kier alpha value is -3.04. The number of ketones is 1. The molecule has 1 atom stereocenters. The van der Waals surface area contributed by atoms with Crippen LogP contribution in [0.5, 0.6) is 0 Å². The highest BCUT2D eigenvalue weighted by Crippen LogP contribution is 2.16. The second-order valence-corrected chi connectivity index (χ2v) is 6.12. The number of H-pyrrole nitrogens is 1. The second kappa shape index (κ2) is 7.24. The summed E-state index contributed by atoms with van der Waals surface area (Å²) in [6.07, 6.45) is 1.65. The number of rotatable bonds is 6. The zero-order chi connectivity index (χ0) is 17.8. The van der Waals surface area contributed by atoms with Gasteiger partial charge in [0.2, 0.25) is 5.91 Å². The number of Topliss-reactive ketones (excluding diaryl/α,β-unsaturated/α-hetero) is 1. The minimum Gasteiger partial charge on any atom is -0.394 e. The van der Waals surface area contributed by atoms with Gasteiger partial charge in [-0.2, -0.15) is 5.10 Å². The third-order valence-corrected chi connectivity index (χ3v) is 4.33. The van der Waals surface area contributed by atoms with E-state index >= 15 is 0 Å². The summed E-state index contributed by atoms with van der Waals surface area (Å²) in [5.74, 6) is -2.32. The molecule has 9 heteroatoms.